The topological polar surface area (TPSA) is 69.0 Å². The van der Waals surface area contributed by atoms with Crippen molar-refractivity contribution < 1.29 is 9.53 Å². The zero-order chi connectivity index (χ0) is 11.8. The summed E-state index contributed by atoms with van der Waals surface area (Å²) < 4.78 is 6.60. The predicted octanol–water partition coefficient (Wildman–Crippen LogP) is 0.209. The number of carbonyl (C=O) groups excluding carboxylic acids is 1. The summed E-state index contributed by atoms with van der Waals surface area (Å²) in [6.45, 7) is 5.45. The molecule has 1 unspecified atom stereocenters. The normalized spacial score (nSPS) is 12.4. The SMILES string of the molecule is CCCNC(Cn1cncn1)C(=O)OCC. The number of rotatable bonds is 7. The Hall–Kier alpha value is -1.43. The summed E-state index contributed by atoms with van der Waals surface area (Å²) in [7, 11) is 0. The lowest BCUT2D eigenvalue weighted by molar-refractivity contribution is -0.146. The van der Waals surface area contributed by atoms with Crippen LogP contribution in [0.5, 0.6) is 0 Å². The number of aromatic nitrogens is 3. The van der Waals surface area contributed by atoms with E-state index in [0.717, 1.165) is 13.0 Å². The highest BCUT2D eigenvalue weighted by atomic mass is 16.5. The summed E-state index contributed by atoms with van der Waals surface area (Å²) in [5.74, 6) is -0.244. The minimum absolute atomic E-state index is 0.244. The van der Waals surface area contributed by atoms with Crippen LogP contribution in [0.15, 0.2) is 12.7 Å². The van der Waals surface area contributed by atoms with Crippen LogP contribution in [0.2, 0.25) is 0 Å². The van der Waals surface area contributed by atoms with Crippen molar-refractivity contribution in [2.75, 3.05) is 13.2 Å². The van der Waals surface area contributed by atoms with Gasteiger partial charge < -0.3 is 10.1 Å². The number of nitrogens with one attached hydrogen (secondary N) is 1. The number of carbonyl (C=O) groups is 1. The largest absolute Gasteiger partial charge is 0.465 e. The zero-order valence-electron chi connectivity index (χ0n) is 9.72. The first-order chi connectivity index (χ1) is 7.77. The second-order valence-electron chi connectivity index (χ2n) is 3.38. The van der Waals surface area contributed by atoms with Gasteiger partial charge in [0.05, 0.1) is 13.2 Å². The second-order valence-corrected chi connectivity index (χ2v) is 3.38. The third kappa shape index (κ3) is 3.98. The summed E-state index contributed by atoms with van der Waals surface area (Å²) in [5, 5.41) is 7.09. The molecule has 1 aromatic rings. The maximum Gasteiger partial charge on any atom is 0.325 e. The van der Waals surface area contributed by atoms with Gasteiger partial charge in [-0.2, -0.15) is 5.10 Å². The molecule has 90 valence electrons. The average molecular weight is 226 g/mol. The van der Waals surface area contributed by atoms with Crippen LogP contribution in [0.4, 0.5) is 0 Å². The number of hydrogen-bond donors (Lipinski definition) is 1. The van der Waals surface area contributed by atoms with Gasteiger partial charge in [0.2, 0.25) is 0 Å². The van der Waals surface area contributed by atoms with Gasteiger partial charge in [-0.15, -0.1) is 0 Å². The first-order valence-electron chi connectivity index (χ1n) is 5.50. The molecule has 1 rings (SSSR count). The van der Waals surface area contributed by atoms with E-state index in [9.17, 15) is 4.79 Å². The highest BCUT2D eigenvalue weighted by Crippen LogP contribution is 1.95. The van der Waals surface area contributed by atoms with Gasteiger partial charge in [-0.05, 0) is 19.9 Å². The quantitative estimate of drug-likeness (QED) is 0.673. The summed E-state index contributed by atoms with van der Waals surface area (Å²) in [6, 6.07) is -0.360. The summed E-state index contributed by atoms with van der Waals surface area (Å²) in [6.07, 6.45) is 4.00. The number of ether oxygens (including phenoxy) is 1. The van der Waals surface area contributed by atoms with Crippen molar-refractivity contribution in [3.8, 4) is 0 Å². The molecule has 0 radical (unpaired) electrons. The molecule has 0 fully saturated rings. The Morgan fingerprint density at radius 1 is 1.56 bits per heavy atom. The van der Waals surface area contributed by atoms with Gasteiger partial charge in [0.15, 0.2) is 0 Å². The maximum absolute atomic E-state index is 11.6. The van der Waals surface area contributed by atoms with E-state index in [2.05, 4.69) is 15.4 Å². The summed E-state index contributed by atoms with van der Waals surface area (Å²) in [5.41, 5.74) is 0. The first-order valence-corrected chi connectivity index (χ1v) is 5.50. The van der Waals surface area contributed by atoms with Crippen molar-refractivity contribution in [2.45, 2.75) is 32.9 Å². The van der Waals surface area contributed by atoms with Crippen LogP contribution < -0.4 is 5.32 Å². The summed E-state index contributed by atoms with van der Waals surface area (Å²) in [4.78, 5) is 15.5. The first kappa shape index (κ1) is 12.6. The van der Waals surface area contributed by atoms with Crippen molar-refractivity contribution in [3.63, 3.8) is 0 Å². The molecule has 16 heavy (non-hydrogen) atoms. The molecule has 0 aliphatic rings. The second kappa shape index (κ2) is 6.95. The van der Waals surface area contributed by atoms with E-state index >= 15 is 0 Å². The fraction of sp³-hybridized carbons (Fsp3) is 0.700. The van der Waals surface area contributed by atoms with Gasteiger partial charge in [0.1, 0.15) is 18.7 Å². The standard InChI is InChI=1S/C10H18N4O2/c1-3-5-12-9(10(15)16-4-2)6-14-8-11-7-13-14/h7-9,12H,3-6H2,1-2H3. The van der Waals surface area contributed by atoms with E-state index in [4.69, 9.17) is 4.74 Å². The fourth-order valence-corrected chi connectivity index (χ4v) is 1.30. The molecule has 0 aromatic carbocycles. The van der Waals surface area contributed by atoms with Crippen LogP contribution in [-0.2, 0) is 16.1 Å². The monoisotopic (exact) mass is 226 g/mol. The molecule has 6 nitrogen and oxygen atoms in total. The minimum atomic E-state index is -0.360. The van der Waals surface area contributed by atoms with E-state index < -0.39 is 0 Å². The molecule has 0 aliphatic heterocycles. The van der Waals surface area contributed by atoms with Gasteiger partial charge in [-0.25, -0.2) is 4.98 Å². The number of esters is 1. The molecule has 1 N–H and O–H groups in total. The third-order valence-electron chi connectivity index (χ3n) is 2.05. The molecule has 0 saturated heterocycles. The van der Waals surface area contributed by atoms with Gasteiger partial charge in [0.25, 0.3) is 0 Å². The molecule has 1 aromatic heterocycles. The van der Waals surface area contributed by atoms with Crippen molar-refractivity contribution in [2.24, 2.45) is 0 Å². The van der Waals surface area contributed by atoms with Gasteiger partial charge in [0, 0.05) is 0 Å². The molecular weight excluding hydrogens is 208 g/mol. The summed E-state index contributed by atoms with van der Waals surface area (Å²) >= 11 is 0. The lowest BCUT2D eigenvalue weighted by Crippen LogP contribution is -2.42. The zero-order valence-corrected chi connectivity index (χ0v) is 9.72. The van der Waals surface area contributed by atoms with E-state index in [1.165, 1.54) is 6.33 Å². The Labute approximate surface area is 95.0 Å². The van der Waals surface area contributed by atoms with Gasteiger partial charge >= 0.3 is 5.97 Å². The highest BCUT2D eigenvalue weighted by molar-refractivity contribution is 5.75. The molecular formula is C10H18N4O2. The van der Waals surface area contributed by atoms with Crippen LogP contribution in [0.1, 0.15) is 20.3 Å². The minimum Gasteiger partial charge on any atom is -0.465 e. The number of nitrogens with zero attached hydrogens (tertiary/aromatic N) is 3. The Morgan fingerprint density at radius 2 is 2.38 bits per heavy atom. The van der Waals surface area contributed by atoms with Crippen molar-refractivity contribution in [1.82, 2.24) is 20.1 Å². The molecule has 1 heterocycles. The van der Waals surface area contributed by atoms with Crippen LogP contribution in [-0.4, -0.2) is 39.9 Å². The Kier molecular flexibility index (Phi) is 5.49. The molecule has 0 aliphatic carbocycles. The van der Waals surface area contributed by atoms with Crippen LogP contribution in [0, 0.1) is 0 Å². The van der Waals surface area contributed by atoms with Crippen LogP contribution in [0.3, 0.4) is 0 Å². The van der Waals surface area contributed by atoms with E-state index in [1.54, 1.807) is 17.9 Å². The average Bonchev–Trinajstić information content (AvgIpc) is 2.77. The predicted molar refractivity (Wildman–Crippen MR) is 58.7 cm³/mol. The van der Waals surface area contributed by atoms with Crippen molar-refractivity contribution in [3.05, 3.63) is 12.7 Å². The van der Waals surface area contributed by atoms with Crippen molar-refractivity contribution in [1.29, 1.82) is 0 Å². The molecule has 0 spiro atoms. The molecule has 6 heteroatoms. The van der Waals surface area contributed by atoms with Gasteiger partial charge in [-0.1, -0.05) is 6.92 Å². The van der Waals surface area contributed by atoms with Crippen LogP contribution >= 0.6 is 0 Å². The maximum atomic E-state index is 11.6. The molecule has 0 saturated carbocycles. The Bertz CT molecular complexity index is 300. The van der Waals surface area contributed by atoms with Crippen molar-refractivity contribution >= 4 is 5.97 Å². The molecule has 0 bridgehead atoms. The third-order valence-corrected chi connectivity index (χ3v) is 2.05. The lowest BCUT2D eigenvalue weighted by atomic mass is 10.3. The molecule has 0 amide bonds. The lowest BCUT2D eigenvalue weighted by Gasteiger charge is -2.16. The molecule has 1 atom stereocenters. The number of hydrogen-bond acceptors (Lipinski definition) is 5. The van der Waals surface area contributed by atoms with Crippen LogP contribution in [0.25, 0.3) is 0 Å². The van der Waals surface area contributed by atoms with E-state index in [1.807, 2.05) is 6.92 Å². The Balaban J connectivity index is 2.52. The van der Waals surface area contributed by atoms with E-state index in [0.29, 0.717) is 13.2 Å². The smallest absolute Gasteiger partial charge is 0.325 e. The van der Waals surface area contributed by atoms with Gasteiger partial charge in [-0.3, -0.25) is 9.48 Å². The van der Waals surface area contributed by atoms with E-state index in [-0.39, 0.29) is 12.0 Å². The highest BCUT2D eigenvalue weighted by Gasteiger charge is 2.19. The Morgan fingerprint density at radius 3 is 2.94 bits per heavy atom. The fourth-order valence-electron chi connectivity index (χ4n) is 1.30.